The van der Waals surface area contributed by atoms with E-state index in [1.807, 2.05) is 41.5 Å². The molecule has 0 aromatic heterocycles. The van der Waals surface area contributed by atoms with E-state index in [4.69, 9.17) is 9.47 Å². The molecule has 0 bridgehead atoms. The lowest BCUT2D eigenvalue weighted by molar-refractivity contribution is -0.115. The van der Waals surface area contributed by atoms with Crippen LogP contribution in [-0.4, -0.2) is 49.2 Å². The Hall–Kier alpha value is -1.92. The predicted molar refractivity (Wildman–Crippen MR) is 123 cm³/mol. The van der Waals surface area contributed by atoms with Gasteiger partial charge in [0.1, 0.15) is 11.9 Å². The molecule has 6 heteroatoms. The van der Waals surface area contributed by atoms with E-state index in [0.29, 0.717) is 6.61 Å². The second-order valence-corrected chi connectivity index (χ2v) is 10.7. The van der Waals surface area contributed by atoms with Gasteiger partial charge in [-0.05, 0) is 62.8 Å². The highest BCUT2D eigenvalue weighted by molar-refractivity contribution is 5.69. The Morgan fingerprint density at radius 2 is 1.90 bits per heavy atom. The zero-order valence-electron chi connectivity index (χ0n) is 20.3. The molecule has 2 atom stereocenters. The topological polar surface area (TPSA) is 67.9 Å². The van der Waals surface area contributed by atoms with Crippen LogP contribution in [0.4, 0.5) is 4.79 Å². The average molecular weight is 433 g/mol. The first-order chi connectivity index (χ1) is 14.4. The Balaban J connectivity index is 1.91. The molecular formula is C25H40N2O4. The molecule has 1 amide bonds. The molecule has 0 saturated carbocycles. The summed E-state index contributed by atoms with van der Waals surface area (Å²) in [5, 5.41) is 2.86. The highest BCUT2D eigenvalue weighted by Gasteiger charge is 2.34. The van der Waals surface area contributed by atoms with Crippen LogP contribution in [-0.2, 0) is 33.8 Å². The minimum absolute atomic E-state index is 0.273. The molecule has 1 aromatic rings. The molecule has 1 aliphatic heterocycles. The Morgan fingerprint density at radius 1 is 1.19 bits per heavy atom. The number of amides is 1. The van der Waals surface area contributed by atoms with Gasteiger partial charge in [-0.1, -0.05) is 39.0 Å². The fourth-order valence-electron chi connectivity index (χ4n) is 4.06. The van der Waals surface area contributed by atoms with E-state index in [1.165, 1.54) is 16.7 Å². The molecule has 0 radical (unpaired) electrons. The number of carbonyl (C=O) groups is 2. The zero-order chi connectivity index (χ0) is 23.2. The van der Waals surface area contributed by atoms with E-state index >= 15 is 0 Å². The summed E-state index contributed by atoms with van der Waals surface area (Å²) in [6.45, 7) is 14.3. The largest absolute Gasteiger partial charge is 0.444 e. The van der Waals surface area contributed by atoms with E-state index in [-0.39, 0.29) is 17.9 Å². The van der Waals surface area contributed by atoms with Gasteiger partial charge in [-0.15, -0.1) is 0 Å². The number of hydrogen-bond acceptors (Lipinski definition) is 5. The van der Waals surface area contributed by atoms with E-state index in [1.54, 1.807) is 0 Å². The van der Waals surface area contributed by atoms with Crippen molar-refractivity contribution in [1.29, 1.82) is 0 Å². The fraction of sp³-hybridized carbons (Fsp3) is 0.680. The lowest BCUT2D eigenvalue weighted by Crippen LogP contribution is -2.49. The third-order valence-corrected chi connectivity index (χ3v) is 5.55. The van der Waals surface area contributed by atoms with Crippen molar-refractivity contribution in [3.05, 3.63) is 34.9 Å². The van der Waals surface area contributed by atoms with Crippen LogP contribution in [0.3, 0.4) is 0 Å². The quantitative estimate of drug-likeness (QED) is 0.464. The highest BCUT2D eigenvalue weighted by atomic mass is 16.6. The molecule has 1 aliphatic rings. The van der Waals surface area contributed by atoms with Crippen LogP contribution in [0.25, 0.3) is 0 Å². The normalized spacial score (nSPS) is 16.5. The number of alkyl carbamates (subject to hydrolysis) is 1. The van der Waals surface area contributed by atoms with Crippen LogP contribution in [0.15, 0.2) is 18.2 Å². The van der Waals surface area contributed by atoms with Crippen molar-refractivity contribution in [3.63, 3.8) is 0 Å². The number of nitrogens with one attached hydrogen (secondary N) is 1. The van der Waals surface area contributed by atoms with Crippen LogP contribution in [0, 0.1) is 11.3 Å². The number of benzene rings is 1. The molecule has 1 unspecified atom stereocenters. The molecule has 0 fully saturated rings. The van der Waals surface area contributed by atoms with Gasteiger partial charge in [0, 0.05) is 25.6 Å². The van der Waals surface area contributed by atoms with E-state index in [0.717, 1.165) is 32.2 Å². The Bertz CT molecular complexity index is 749. The van der Waals surface area contributed by atoms with Crippen molar-refractivity contribution >= 4 is 12.4 Å². The lowest BCUT2D eigenvalue weighted by Gasteiger charge is -2.34. The lowest BCUT2D eigenvalue weighted by atomic mass is 9.77. The number of nitrogens with zero attached hydrogens (tertiary/aromatic N) is 1. The van der Waals surface area contributed by atoms with Crippen molar-refractivity contribution in [2.45, 2.75) is 79.1 Å². The molecule has 31 heavy (non-hydrogen) atoms. The molecule has 1 N–H and O–H groups in total. The molecule has 174 valence electrons. The predicted octanol–water partition coefficient (Wildman–Crippen LogP) is 4.34. The second kappa shape index (κ2) is 10.6. The van der Waals surface area contributed by atoms with Crippen molar-refractivity contribution in [1.82, 2.24) is 10.2 Å². The zero-order valence-corrected chi connectivity index (χ0v) is 20.3. The third kappa shape index (κ3) is 7.93. The van der Waals surface area contributed by atoms with E-state index < -0.39 is 17.7 Å². The summed E-state index contributed by atoms with van der Waals surface area (Å²) in [7, 11) is 2.14. The van der Waals surface area contributed by atoms with Gasteiger partial charge >= 0.3 is 6.09 Å². The molecule has 1 heterocycles. The molecule has 0 spiro atoms. The van der Waals surface area contributed by atoms with Crippen molar-refractivity contribution < 1.29 is 19.1 Å². The minimum atomic E-state index is -0.599. The summed E-state index contributed by atoms with van der Waals surface area (Å²) >= 11 is 0. The third-order valence-electron chi connectivity index (χ3n) is 5.55. The number of hydrogen-bond donors (Lipinski definition) is 1. The first kappa shape index (κ1) is 25.3. The van der Waals surface area contributed by atoms with Gasteiger partial charge in [0.05, 0.1) is 12.6 Å². The molecule has 0 saturated heterocycles. The summed E-state index contributed by atoms with van der Waals surface area (Å²) in [6, 6.07) is 6.10. The number of fused-ring (bicyclic) bond motifs is 1. The van der Waals surface area contributed by atoms with Gasteiger partial charge < -0.3 is 19.6 Å². The van der Waals surface area contributed by atoms with Gasteiger partial charge in [-0.25, -0.2) is 4.79 Å². The summed E-state index contributed by atoms with van der Waals surface area (Å²) in [6.07, 6.45) is 2.23. The van der Waals surface area contributed by atoms with Crippen LogP contribution in [0.5, 0.6) is 0 Å². The van der Waals surface area contributed by atoms with E-state index in [9.17, 15) is 9.59 Å². The summed E-state index contributed by atoms with van der Waals surface area (Å²) < 4.78 is 11.3. The molecule has 6 nitrogen and oxygen atoms in total. The maximum Gasteiger partial charge on any atom is 0.407 e. The smallest absolute Gasteiger partial charge is 0.407 e. The van der Waals surface area contributed by atoms with Gasteiger partial charge in [0.2, 0.25) is 0 Å². The minimum Gasteiger partial charge on any atom is -0.444 e. The summed E-state index contributed by atoms with van der Waals surface area (Å²) in [5.74, 6) is -0.382. The molecule has 1 aromatic carbocycles. The Labute approximate surface area is 187 Å². The molecular weight excluding hydrogens is 392 g/mol. The van der Waals surface area contributed by atoms with Gasteiger partial charge in [-0.3, -0.25) is 4.90 Å². The number of rotatable bonds is 9. The summed E-state index contributed by atoms with van der Waals surface area (Å²) in [4.78, 5) is 26.5. The average Bonchev–Trinajstić information content (AvgIpc) is 2.99. The van der Waals surface area contributed by atoms with Crippen molar-refractivity contribution in [3.8, 4) is 0 Å². The SMILES string of the molecule is CN1Cc2cccc(CCCOCC(NC(=O)OC(C)(C)C)[C@H](C=O)C(C)(C)C)c2C1. The molecule has 0 aliphatic carbocycles. The fourth-order valence-corrected chi connectivity index (χ4v) is 4.06. The maximum absolute atomic E-state index is 12.3. The maximum atomic E-state index is 12.3. The standard InChI is InChI=1S/C25H40N2O4/c1-24(2,3)21(16-28)22(26-23(29)31-25(4,5)6)17-30-13-9-12-18-10-8-11-19-14-27(7)15-20(18)19/h8,10-11,16,21-22H,9,12-15,17H2,1-7H3,(H,26,29)/t21-,22?/m0/s1. The molecule has 2 rings (SSSR count). The van der Waals surface area contributed by atoms with Crippen LogP contribution < -0.4 is 5.32 Å². The Kier molecular flexibility index (Phi) is 8.66. The monoisotopic (exact) mass is 432 g/mol. The number of ether oxygens (including phenoxy) is 2. The number of aryl methyl sites for hydroxylation is 1. The first-order valence-electron chi connectivity index (χ1n) is 11.2. The van der Waals surface area contributed by atoms with Crippen LogP contribution >= 0.6 is 0 Å². The van der Waals surface area contributed by atoms with E-state index in [2.05, 4.69) is 35.5 Å². The summed E-state index contributed by atoms with van der Waals surface area (Å²) in [5.41, 5.74) is 3.35. The number of aldehydes is 1. The van der Waals surface area contributed by atoms with Crippen LogP contribution in [0.1, 0.15) is 64.7 Å². The highest BCUT2D eigenvalue weighted by Crippen LogP contribution is 2.28. The number of carbonyl (C=O) groups excluding carboxylic acids is 2. The van der Waals surface area contributed by atoms with Crippen molar-refractivity contribution in [2.24, 2.45) is 11.3 Å². The van der Waals surface area contributed by atoms with Crippen molar-refractivity contribution in [2.75, 3.05) is 20.3 Å². The Morgan fingerprint density at radius 3 is 2.52 bits per heavy atom. The van der Waals surface area contributed by atoms with Crippen LogP contribution in [0.2, 0.25) is 0 Å². The van der Waals surface area contributed by atoms with Gasteiger partial charge in [0.25, 0.3) is 0 Å². The van der Waals surface area contributed by atoms with Gasteiger partial charge in [0.15, 0.2) is 0 Å². The van der Waals surface area contributed by atoms with Gasteiger partial charge in [-0.2, -0.15) is 0 Å². The first-order valence-corrected chi connectivity index (χ1v) is 11.2. The second-order valence-electron chi connectivity index (χ2n) is 10.7.